The lowest BCUT2D eigenvalue weighted by atomic mass is 10.2. The number of hydrogen-bond donors (Lipinski definition) is 0. The Labute approximate surface area is 134 Å². The number of hydrogen-bond acceptors (Lipinski definition) is 4. The molecule has 3 nitrogen and oxygen atoms in total. The normalized spacial score (nSPS) is 14.6. The second-order valence-corrected chi connectivity index (χ2v) is 8.17. The quantitative estimate of drug-likeness (QED) is 0.755. The first-order valence-corrected chi connectivity index (χ1v) is 9.31. The first-order chi connectivity index (χ1) is 9.58. The molecule has 0 aromatic carbocycles. The highest BCUT2D eigenvalue weighted by Gasteiger charge is 2.24. The van der Waals surface area contributed by atoms with Gasteiger partial charge in [0, 0.05) is 16.7 Å². The summed E-state index contributed by atoms with van der Waals surface area (Å²) < 4.78 is 2.57. The van der Waals surface area contributed by atoms with E-state index in [0.29, 0.717) is 5.69 Å². The van der Waals surface area contributed by atoms with Crippen molar-refractivity contribution in [1.82, 2.24) is 9.78 Å². The van der Waals surface area contributed by atoms with E-state index in [-0.39, 0.29) is 11.8 Å². The summed E-state index contributed by atoms with van der Waals surface area (Å²) in [6, 6.07) is 2.24. The molecule has 0 radical (unpaired) electrons. The van der Waals surface area contributed by atoms with Gasteiger partial charge in [-0.05, 0) is 53.6 Å². The van der Waals surface area contributed by atoms with Gasteiger partial charge in [-0.2, -0.15) is 16.9 Å². The molecule has 6 heteroatoms. The molecule has 0 bridgehead atoms. The van der Waals surface area contributed by atoms with Crippen molar-refractivity contribution in [3.8, 4) is 0 Å². The predicted octanol–water partition coefficient (Wildman–Crippen LogP) is 4.31. The second-order valence-electron chi connectivity index (χ2n) is 5.07. The summed E-state index contributed by atoms with van der Waals surface area (Å²) in [6.07, 6.45) is 2.79. The van der Waals surface area contributed by atoms with Crippen LogP contribution in [0, 0.1) is 0 Å². The zero-order valence-electron chi connectivity index (χ0n) is 11.4. The van der Waals surface area contributed by atoms with Crippen LogP contribution in [0.4, 0.5) is 0 Å². The highest BCUT2D eigenvalue weighted by Crippen LogP contribution is 2.34. The van der Waals surface area contributed by atoms with Crippen LogP contribution >= 0.6 is 39.0 Å². The number of carbonyl (C=O) groups excluding carboxylic acids is 1. The van der Waals surface area contributed by atoms with Crippen LogP contribution in [-0.4, -0.2) is 21.3 Å². The summed E-state index contributed by atoms with van der Waals surface area (Å²) in [6.45, 7) is 4.07. The highest BCUT2D eigenvalue weighted by atomic mass is 79.9. The molecule has 106 valence electrons. The number of rotatable bonds is 3. The molecular formula is C14H15BrN2OS2. The number of halogens is 1. The van der Waals surface area contributed by atoms with E-state index in [9.17, 15) is 4.79 Å². The first-order valence-electron chi connectivity index (χ1n) is 6.55. The molecule has 0 amide bonds. The summed E-state index contributed by atoms with van der Waals surface area (Å²) >= 11 is 7.04. The molecule has 0 fully saturated rings. The summed E-state index contributed by atoms with van der Waals surface area (Å²) in [5.41, 5.74) is 1.99. The zero-order valence-corrected chi connectivity index (χ0v) is 14.6. The molecule has 0 atom stereocenters. The Bertz CT molecular complexity index is 637. The third kappa shape index (κ3) is 2.49. The van der Waals surface area contributed by atoms with Gasteiger partial charge < -0.3 is 0 Å². The Morgan fingerprint density at radius 2 is 2.30 bits per heavy atom. The number of ketones is 1. The molecule has 2 aromatic heterocycles. The van der Waals surface area contributed by atoms with Crippen molar-refractivity contribution in [2.24, 2.45) is 0 Å². The molecule has 0 spiro atoms. The maximum absolute atomic E-state index is 12.8. The fourth-order valence-corrected chi connectivity index (χ4v) is 5.09. The number of fused-ring (bicyclic) bond motifs is 1. The predicted molar refractivity (Wildman–Crippen MR) is 87.9 cm³/mol. The number of thioether (sulfide) groups is 1. The molecule has 0 unspecified atom stereocenters. The van der Waals surface area contributed by atoms with Crippen molar-refractivity contribution >= 4 is 44.8 Å². The standard InChI is InChI=1S/C14H15BrN2OS2/c1-8(2)17-13(10(15)6-16-17)14(18)12-5-9-7-19-4-3-11(9)20-12/h5-6,8H,3-4,7H2,1-2H3. The zero-order chi connectivity index (χ0) is 14.3. The van der Waals surface area contributed by atoms with E-state index < -0.39 is 0 Å². The fraction of sp³-hybridized carbons (Fsp3) is 0.429. The molecule has 20 heavy (non-hydrogen) atoms. The van der Waals surface area contributed by atoms with Gasteiger partial charge in [-0.1, -0.05) is 0 Å². The molecule has 0 aliphatic carbocycles. The van der Waals surface area contributed by atoms with Crippen LogP contribution in [0.15, 0.2) is 16.7 Å². The maximum atomic E-state index is 12.8. The van der Waals surface area contributed by atoms with Crippen LogP contribution in [0.25, 0.3) is 0 Å². The van der Waals surface area contributed by atoms with Crippen molar-refractivity contribution in [2.75, 3.05) is 5.75 Å². The van der Waals surface area contributed by atoms with E-state index >= 15 is 0 Å². The molecule has 0 N–H and O–H groups in total. The Kier molecular flexibility index (Phi) is 4.06. The van der Waals surface area contributed by atoms with Gasteiger partial charge >= 0.3 is 0 Å². The van der Waals surface area contributed by atoms with Crippen molar-refractivity contribution < 1.29 is 4.79 Å². The van der Waals surface area contributed by atoms with E-state index in [1.54, 1.807) is 22.2 Å². The largest absolute Gasteiger partial charge is 0.286 e. The van der Waals surface area contributed by atoms with Gasteiger partial charge in [-0.25, -0.2) is 0 Å². The minimum Gasteiger partial charge on any atom is -0.286 e. The molecule has 3 rings (SSSR count). The van der Waals surface area contributed by atoms with Gasteiger partial charge in [0.15, 0.2) is 0 Å². The lowest BCUT2D eigenvalue weighted by molar-refractivity contribution is 0.103. The molecule has 0 saturated heterocycles. The minimum absolute atomic E-state index is 0.0764. The Morgan fingerprint density at radius 3 is 3.00 bits per heavy atom. The van der Waals surface area contributed by atoms with Gasteiger partial charge in [-0.15, -0.1) is 11.3 Å². The van der Waals surface area contributed by atoms with Gasteiger partial charge in [0.05, 0.1) is 15.5 Å². The third-order valence-electron chi connectivity index (χ3n) is 3.31. The second kappa shape index (κ2) is 5.66. The van der Waals surface area contributed by atoms with E-state index in [2.05, 4.69) is 27.1 Å². The van der Waals surface area contributed by atoms with Crippen LogP contribution in [0.2, 0.25) is 0 Å². The van der Waals surface area contributed by atoms with E-state index in [1.165, 1.54) is 10.4 Å². The van der Waals surface area contributed by atoms with Crippen molar-refractivity contribution in [2.45, 2.75) is 32.1 Å². The van der Waals surface area contributed by atoms with Crippen LogP contribution in [0.3, 0.4) is 0 Å². The molecule has 1 aliphatic heterocycles. The molecule has 0 saturated carbocycles. The van der Waals surface area contributed by atoms with Crippen LogP contribution in [0.5, 0.6) is 0 Å². The molecule has 2 aromatic rings. The SMILES string of the molecule is CC(C)n1ncc(Br)c1C(=O)c1cc2c(s1)CCSC2. The van der Waals surface area contributed by atoms with E-state index in [1.807, 2.05) is 25.6 Å². The summed E-state index contributed by atoms with van der Waals surface area (Å²) in [5, 5.41) is 4.29. The lowest BCUT2D eigenvalue weighted by Gasteiger charge is -2.09. The van der Waals surface area contributed by atoms with Gasteiger partial charge in [-0.3, -0.25) is 9.48 Å². The van der Waals surface area contributed by atoms with Crippen LogP contribution < -0.4 is 0 Å². The minimum atomic E-state index is 0.0764. The van der Waals surface area contributed by atoms with Crippen molar-refractivity contribution in [1.29, 1.82) is 0 Å². The lowest BCUT2D eigenvalue weighted by Crippen LogP contribution is -2.13. The number of thiophene rings is 1. The Hall–Kier alpha value is -0.590. The molecular weight excluding hydrogens is 356 g/mol. The Balaban J connectivity index is 2.00. The Morgan fingerprint density at radius 1 is 1.50 bits per heavy atom. The summed E-state index contributed by atoms with van der Waals surface area (Å²) in [4.78, 5) is 15.0. The number of aryl methyl sites for hydroxylation is 1. The van der Waals surface area contributed by atoms with Gasteiger partial charge in [0.25, 0.3) is 0 Å². The monoisotopic (exact) mass is 370 g/mol. The number of aromatic nitrogens is 2. The summed E-state index contributed by atoms with van der Waals surface area (Å²) in [7, 11) is 0. The average Bonchev–Trinajstić information content (AvgIpc) is 3.01. The molecule has 3 heterocycles. The highest BCUT2D eigenvalue weighted by molar-refractivity contribution is 9.10. The number of carbonyl (C=O) groups is 1. The fourth-order valence-electron chi connectivity index (χ4n) is 2.32. The van der Waals surface area contributed by atoms with E-state index in [4.69, 9.17) is 0 Å². The molecule has 1 aliphatic rings. The van der Waals surface area contributed by atoms with Crippen LogP contribution in [0.1, 0.15) is 45.7 Å². The van der Waals surface area contributed by atoms with Crippen LogP contribution in [-0.2, 0) is 12.2 Å². The first kappa shape index (κ1) is 14.4. The average molecular weight is 371 g/mol. The van der Waals surface area contributed by atoms with E-state index in [0.717, 1.165) is 27.3 Å². The maximum Gasteiger partial charge on any atom is 0.222 e. The summed E-state index contributed by atoms with van der Waals surface area (Å²) in [5.74, 6) is 2.27. The van der Waals surface area contributed by atoms with Gasteiger partial charge in [0.1, 0.15) is 5.69 Å². The smallest absolute Gasteiger partial charge is 0.222 e. The topological polar surface area (TPSA) is 34.9 Å². The van der Waals surface area contributed by atoms with Crippen molar-refractivity contribution in [3.05, 3.63) is 37.7 Å². The number of nitrogens with zero attached hydrogens (tertiary/aromatic N) is 2. The third-order valence-corrected chi connectivity index (χ3v) is 6.13. The van der Waals surface area contributed by atoms with Crippen molar-refractivity contribution in [3.63, 3.8) is 0 Å². The van der Waals surface area contributed by atoms with Gasteiger partial charge in [0.2, 0.25) is 5.78 Å².